The number of hydrogen-bond donors (Lipinski definition) is 0. The maximum absolute atomic E-state index is 4.64. The van der Waals surface area contributed by atoms with Crippen molar-refractivity contribution in [2.75, 3.05) is 0 Å². The van der Waals surface area contributed by atoms with Crippen LogP contribution in [0.5, 0.6) is 0 Å². The zero-order chi connectivity index (χ0) is 9.73. The summed E-state index contributed by atoms with van der Waals surface area (Å²) in [5, 5.41) is 0. The van der Waals surface area contributed by atoms with E-state index in [0.29, 0.717) is 0 Å². The SMILES string of the molecule is C[Si](C)(C)[CH]=[W]=[N]c1ccccc1. The normalized spacial score (nSPS) is 10.7. The van der Waals surface area contributed by atoms with Gasteiger partial charge in [0.15, 0.2) is 0 Å². The van der Waals surface area contributed by atoms with Gasteiger partial charge in [-0.1, -0.05) is 0 Å². The van der Waals surface area contributed by atoms with E-state index in [1.165, 1.54) is 0 Å². The van der Waals surface area contributed by atoms with Crippen LogP contribution in [0.3, 0.4) is 0 Å². The molecule has 0 aliphatic heterocycles. The van der Waals surface area contributed by atoms with Crippen LogP contribution in [0.15, 0.2) is 33.8 Å². The fraction of sp³-hybridized carbons (Fsp3) is 0.300. The third-order valence-corrected chi connectivity index (χ3v) is 12.0. The molecule has 0 aromatic heterocycles. The molecule has 0 radical (unpaired) electrons. The van der Waals surface area contributed by atoms with Crippen LogP contribution < -0.4 is 0 Å². The molecule has 0 N–H and O–H groups in total. The van der Waals surface area contributed by atoms with Gasteiger partial charge in [-0.3, -0.25) is 0 Å². The monoisotopic (exact) mass is 361 g/mol. The molecule has 70 valence electrons. The Hall–Kier alpha value is -0.205. The van der Waals surface area contributed by atoms with Gasteiger partial charge in [-0.2, -0.15) is 0 Å². The van der Waals surface area contributed by atoms with E-state index in [9.17, 15) is 0 Å². The molecule has 0 heterocycles. The van der Waals surface area contributed by atoms with Gasteiger partial charge in [-0.05, 0) is 0 Å². The van der Waals surface area contributed by atoms with Gasteiger partial charge < -0.3 is 0 Å². The first-order chi connectivity index (χ1) is 6.08. The van der Waals surface area contributed by atoms with Crippen LogP contribution in [0, 0.1) is 0 Å². The Kier molecular flexibility index (Phi) is 4.08. The quantitative estimate of drug-likeness (QED) is 0.718. The van der Waals surface area contributed by atoms with Crippen molar-refractivity contribution < 1.29 is 17.9 Å². The van der Waals surface area contributed by atoms with Crippen molar-refractivity contribution in [1.29, 1.82) is 0 Å². The van der Waals surface area contributed by atoms with E-state index in [1.54, 1.807) is 0 Å². The summed E-state index contributed by atoms with van der Waals surface area (Å²) in [7, 11) is -0.956. The molecule has 0 unspecified atom stereocenters. The van der Waals surface area contributed by atoms with Gasteiger partial charge in [0, 0.05) is 0 Å². The second kappa shape index (κ2) is 4.87. The molecule has 0 atom stereocenters. The third-order valence-electron chi connectivity index (χ3n) is 1.32. The summed E-state index contributed by atoms with van der Waals surface area (Å²) in [5.74, 6) is 0. The van der Waals surface area contributed by atoms with E-state index in [2.05, 4.69) is 39.3 Å². The molecule has 0 bridgehead atoms. The maximum atomic E-state index is 4.64. The number of nitrogens with zero attached hydrogens (tertiary/aromatic N) is 1. The van der Waals surface area contributed by atoms with Crippen molar-refractivity contribution >= 4 is 17.8 Å². The molecule has 0 amide bonds. The Morgan fingerprint density at radius 3 is 2.31 bits per heavy atom. The van der Waals surface area contributed by atoms with Crippen LogP contribution in [0.2, 0.25) is 19.6 Å². The molecule has 1 nitrogen and oxygen atoms in total. The number of rotatable bonds is 2. The summed E-state index contributed by atoms with van der Waals surface area (Å²) in [4.78, 5) is 0. The zero-order valence-corrected chi connectivity index (χ0v) is 12.3. The molecular weight excluding hydrogens is 346 g/mol. The predicted octanol–water partition coefficient (Wildman–Crippen LogP) is 3.26. The topological polar surface area (TPSA) is 12.4 Å². The van der Waals surface area contributed by atoms with E-state index in [4.69, 9.17) is 0 Å². The van der Waals surface area contributed by atoms with Crippen LogP contribution in [-0.2, 0) is 17.9 Å². The van der Waals surface area contributed by atoms with Crippen LogP contribution in [-0.4, -0.2) is 12.1 Å². The summed E-state index contributed by atoms with van der Waals surface area (Å²) in [6.45, 7) is 7.11. The minimum absolute atomic E-state index is 0.567. The van der Waals surface area contributed by atoms with E-state index in [0.717, 1.165) is 5.69 Å². The molecule has 1 rings (SSSR count). The molecule has 1 aromatic rings. The van der Waals surface area contributed by atoms with Gasteiger partial charge in [0.1, 0.15) is 0 Å². The van der Waals surface area contributed by atoms with E-state index >= 15 is 0 Å². The zero-order valence-electron chi connectivity index (χ0n) is 8.32. The average Bonchev–Trinajstić information content (AvgIpc) is 2.04. The molecule has 0 spiro atoms. The number of benzene rings is 1. The molecular formula is C10H15NSiW. The molecule has 0 saturated carbocycles. The minimum atomic E-state index is -0.956. The first kappa shape index (κ1) is 10.9. The molecule has 0 fully saturated rings. The van der Waals surface area contributed by atoms with E-state index in [1.807, 2.05) is 18.2 Å². The van der Waals surface area contributed by atoms with Gasteiger partial charge in [-0.25, -0.2) is 0 Å². The Bertz CT molecular complexity index is 321. The van der Waals surface area contributed by atoms with Crippen molar-refractivity contribution in [1.82, 2.24) is 0 Å². The van der Waals surface area contributed by atoms with Crippen LogP contribution in [0.1, 0.15) is 0 Å². The molecule has 0 aliphatic carbocycles. The van der Waals surface area contributed by atoms with Crippen LogP contribution in [0.4, 0.5) is 5.69 Å². The molecule has 0 aliphatic rings. The summed E-state index contributed by atoms with van der Waals surface area (Å²) in [6, 6.07) is 10.3. The second-order valence-corrected chi connectivity index (χ2v) is 12.9. The van der Waals surface area contributed by atoms with Crippen molar-refractivity contribution in [3.63, 3.8) is 0 Å². The van der Waals surface area contributed by atoms with E-state index in [-0.39, 0.29) is 0 Å². The third kappa shape index (κ3) is 5.17. The Labute approximate surface area is 89.1 Å². The summed E-state index contributed by atoms with van der Waals surface area (Å²) < 4.78 is 7.17. The first-order valence-electron chi connectivity index (χ1n) is 4.34. The molecule has 13 heavy (non-hydrogen) atoms. The summed E-state index contributed by atoms with van der Waals surface area (Å²) in [5.41, 5.74) is 1.15. The van der Waals surface area contributed by atoms with Crippen molar-refractivity contribution in [3.8, 4) is 0 Å². The summed E-state index contributed by atoms with van der Waals surface area (Å²) >= 11 is -0.567. The van der Waals surface area contributed by atoms with E-state index < -0.39 is 26.0 Å². The summed E-state index contributed by atoms with van der Waals surface area (Å²) in [6.07, 6.45) is 0. The Morgan fingerprint density at radius 1 is 1.15 bits per heavy atom. The molecule has 1 aromatic carbocycles. The Balaban J connectivity index is 2.75. The van der Waals surface area contributed by atoms with Crippen LogP contribution in [0.25, 0.3) is 0 Å². The van der Waals surface area contributed by atoms with Gasteiger partial charge >= 0.3 is 89.2 Å². The molecule has 3 heteroatoms. The fourth-order valence-corrected chi connectivity index (χ4v) is 5.95. The van der Waals surface area contributed by atoms with Crippen molar-refractivity contribution in [2.24, 2.45) is 3.50 Å². The Morgan fingerprint density at radius 2 is 1.77 bits per heavy atom. The standard InChI is InChI=1S/C6H5N.C4H10Si.W/c7-6-4-2-1-3-5-6;1-5(2,3)4;/h1-5H;1H,2-4H3;. The number of hydrogen-bond acceptors (Lipinski definition) is 1. The predicted molar refractivity (Wildman–Crippen MR) is 57.9 cm³/mol. The van der Waals surface area contributed by atoms with Crippen molar-refractivity contribution in [2.45, 2.75) is 19.6 Å². The van der Waals surface area contributed by atoms with Gasteiger partial charge in [0.05, 0.1) is 0 Å². The van der Waals surface area contributed by atoms with Gasteiger partial charge in [-0.15, -0.1) is 0 Å². The van der Waals surface area contributed by atoms with Gasteiger partial charge in [0.2, 0.25) is 0 Å². The van der Waals surface area contributed by atoms with Crippen molar-refractivity contribution in [3.05, 3.63) is 30.3 Å². The first-order valence-corrected chi connectivity index (χ1v) is 10.9. The molecule has 0 saturated heterocycles. The average molecular weight is 361 g/mol. The fourth-order valence-electron chi connectivity index (χ4n) is 0.734. The second-order valence-electron chi connectivity index (χ2n) is 4.02. The van der Waals surface area contributed by atoms with Gasteiger partial charge in [0.25, 0.3) is 0 Å². The van der Waals surface area contributed by atoms with Crippen LogP contribution >= 0.6 is 0 Å².